The predicted molar refractivity (Wildman–Crippen MR) is 116 cm³/mol. The summed E-state index contributed by atoms with van der Waals surface area (Å²) in [5.41, 5.74) is 1.26. The average molecular weight is 492 g/mol. The number of carboxylic acid groups (broad SMARTS) is 1. The van der Waals surface area contributed by atoms with Crippen molar-refractivity contribution in [3.63, 3.8) is 0 Å². The van der Waals surface area contributed by atoms with E-state index in [9.17, 15) is 14.4 Å². The van der Waals surface area contributed by atoms with Gasteiger partial charge in [-0.15, -0.1) is 0 Å². The molecular weight excluding hydrogens is 474 g/mol. The Morgan fingerprint density at radius 1 is 1.17 bits per heavy atom. The van der Waals surface area contributed by atoms with Crippen LogP contribution in [0.2, 0.25) is 0 Å². The van der Waals surface area contributed by atoms with E-state index < -0.39 is 18.5 Å². The second-order valence-electron chi connectivity index (χ2n) is 6.15. The van der Waals surface area contributed by atoms with Gasteiger partial charge in [0.25, 0.3) is 11.1 Å². The molecule has 0 aliphatic carbocycles. The minimum atomic E-state index is -1.14. The molecule has 3 rings (SSSR count). The summed E-state index contributed by atoms with van der Waals surface area (Å²) in [7, 11) is 0. The number of amides is 2. The molecular formula is C21H18BrNO6S. The second-order valence-corrected chi connectivity index (χ2v) is 8.00. The summed E-state index contributed by atoms with van der Waals surface area (Å²) >= 11 is 4.25. The molecule has 2 aromatic carbocycles. The number of hydrogen-bond donors (Lipinski definition) is 1. The van der Waals surface area contributed by atoms with E-state index in [1.807, 2.05) is 24.3 Å². The molecule has 0 bridgehead atoms. The fourth-order valence-electron chi connectivity index (χ4n) is 2.78. The molecule has 30 heavy (non-hydrogen) atoms. The molecule has 9 heteroatoms. The van der Waals surface area contributed by atoms with Crippen LogP contribution in [0.4, 0.5) is 4.79 Å². The van der Waals surface area contributed by atoms with Crippen LogP contribution in [0.1, 0.15) is 18.1 Å². The molecule has 1 fully saturated rings. The number of carboxylic acids is 1. The maximum atomic E-state index is 12.9. The Kier molecular flexibility index (Phi) is 7.17. The molecule has 0 aromatic heterocycles. The highest BCUT2D eigenvalue weighted by Crippen LogP contribution is 2.38. The summed E-state index contributed by atoms with van der Waals surface area (Å²) in [4.78, 5) is 37.6. The van der Waals surface area contributed by atoms with Gasteiger partial charge in [-0.1, -0.05) is 46.3 Å². The number of rotatable bonds is 8. The van der Waals surface area contributed by atoms with Crippen LogP contribution < -0.4 is 9.47 Å². The topological polar surface area (TPSA) is 93.1 Å². The van der Waals surface area contributed by atoms with Crippen LogP contribution in [-0.4, -0.2) is 40.3 Å². The maximum absolute atomic E-state index is 12.9. The van der Waals surface area contributed by atoms with Gasteiger partial charge in [-0.05, 0) is 42.5 Å². The van der Waals surface area contributed by atoms with Crippen molar-refractivity contribution in [2.45, 2.75) is 13.5 Å². The molecule has 0 unspecified atom stereocenters. The molecule has 0 radical (unpaired) electrons. The smallest absolute Gasteiger partial charge is 0.341 e. The van der Waals surface area contributed by atoms with Gasteiger partial charge in [0.2, 0.25) is 0 Å². The standard InChI is InChI=1S/C21H18BrNO6S/c1-2-28-16-9-5-7-13(19(16)29-12-18(24)25)10-17-20(26)23(21(27)30-17)11-14-6-3-4-8-15(14)22/h3-10H,2,11-12H2,1H3,(H,24,25)/b17-10-. The molecule has 7 nitrogen and oxygen atoms in total. The largest absolute Gasteiger partial charge is 0.490 e. The van der Waals surface area contributed by atoms with E-state index in [-0.39, 0.29) is 22.4 Å². The zero-order chi connectivity index (χ0) is 21.7. The van der Waals surface area contributed by atoms with E-state index in [0.29, 0.717) is 17.9 Å². The number of hydrogen-bond acceptors (Lipinski definition) is 6. The van der Waals surface area contributed by atoms with Crippen LogP contribution in [0.25, 0.3) is 6.08 Å². The van der Waals surface area contributed by atoms with Gasteiger partial charge in [0.15, 0.2) is 18.1 Å². The summed E-state index contributed by atoms with van der Waals surface area (Å²) < 4.78 is 11.7. The third kappa shape index (κ3) is 5.03. The zero-order valence-electron chi connectivity index (χ0n) is 16.0. The van der Waals surface area contributed by atoms with Gasteiger partial charge in [-0.25, -0.2) is 4.79 Å². The van der Waals surface area contributed by atoms with Crippen LogP contribution in [0, 0.1) is 0 Å². The minimum Gasteiger partial charge on any atom is -0.490 e. The summed E-state index contributed by atoms with van der Waals surface area (Å²) in [5, 5.41) is 8.57. The van der Waals surface area contributed by atoms with Crippen molar-refractivity contribution >= 4 is 50.9 Å². The fraction of sp³-hybridized carbons (Fsp3) is 0.190. The van der Waals surface area contributed by atoms with Crippen LogP contribution in [0.5, 0.6) is 11.5 Å². The Morgan fingerprint density at radius 3 is 2.63 bits per heavy atom. The van der Waals surface area contributed by atoms with Crippen molar-refractivity contribution < 1.29 is 29.0 Å². The first kappa shape index (κ1) is 21.9. The van der Waals surface area contributed by atoms with Crippen LogP contribution >= 0.6 is 27.7 Å². The number of ether oxygens (including phenoxy) is 2. The van der Waals surface area contributed by atoms with Crippen LogP contribution in [-0.2, 0) is 16.1 Å². The third-order valence-corrected chi connectivity index (χ3v) is 5.78. The number of thioether (sulfide) groups is 1. The average Bonchev–Trinajstić information content (AvgIpc) is 2.96. The van der Waals surface area contributed by atoms with Gasteiger partial charge in [0, 0.05) is 10.0 Å². The normalized spacial score (nSPS) is 15.0. The predicted octanol–water partition coefficient (Wildman–Crippen LogP) is 4.55. The van der Waals surface area contributed by atoms with Crippen molar-refractivity contribution in [1.82, 2.24) is 4.90 Å². The summed E-state index contributed by atoms with van der Waals surface area (Å²) in [6, 6.07) is 12.4. The van der Waals surface area contributed by atoms with E-state index in [0.717, 1.165) is 21.8 Å². The molecule has 1 heterocycles. The van der Waals surface area contributed by atoms with E-state index in [1.165, 1.54) is 11.0 Å². The van der Waals surface area contributed by atoms with Gasteiger partial charge >= 0.3 is 5.97 Å². The van der Waals surface area contributed by atoms with E-state index in [2.05, 4.69) is 15.9 Å². The van der Waals surface area contributed by atoms with Crippen LogP contribution in [0.15, 0.2) is 51.8 Å². The van der Waals surface area contributed by atoms with Gasteiger partial charge in [0.05, 0.1) is 18.1 Å². The number of aliphatic carboxylic acids is 1. The monoisotopic (exact) mass is 491 g/mol. The molecule has 2 amide bonds. The number of carbonyl (C=O) groups excluding carboxylic acids is 2. The van der Waals surface area contributed by atoms with Gasteiger partial charge in [-0.3, -0.25) is 14.5 Å². The van der Waals surface area contributed by atoms with Crippen molar-refractivity contribution in [1.29, 1.82) is 0 Å². The Bertz CT molecular complexity index is 1020. The van der Waals surface area contributed by atoms with Gasteiger partial charge in [-0.2, -0.15) is 0 Å². The zero-order valence-corrected chi connectivity index (χ0v) is 18.4. The molecule has 156 valence electrons. The van der Waals surface area contributed by atoms with E-state index in [4.69, 9.17) is 14.6 Å². The first-order valence-corrected chi connectivity index (χ1v) is 10.6. The number of benzene rings is 2. The summed E-state index contributed by atoms with van der Waals surface area (Å²) in [6.07, 6.45) is 1.52. The van der Waals surface area contributed by atoms with Crippen LogP contribution in [0.3, 0.4) is 0 Å². The van der Waals surface area contributed by atoms with Crippen molar-refractivity contribution in [2.24, 2.45) is 0 Å². The highest BCUT2D eigenvalue weighted by Gasteiger charge is 2.35. The van der Waals surface area contributed by atoms with Crippen molar-refractivity contribution in [3.05, 3.63) is 63.0 Å². The van der Waals surface area contributed by atoms with Gasteiger partial charge < -0.3 is 14.6 Å². The summed E-state index contributed by atoms with van der Waals surface area (Å²) in [6.45, 7) is 1.73. The molecule has 0 saturated carbocycles. The highest BCUT2D eigenvalue weighted by atomic mass is 79.9. The Labute approximate surface area is 185 Å². The van der Waals surface area contributed by atoms with E-state index >= 15 is 0 Å². The number of imide groups is 1. The molecule has 1 aliphatic rings. The van der Waals surface area contributed by atoms with Gasteiger partial charge in [0.1, 0.15) is 0 Å². The number of nitrogens with zero attached hydrogens (tertiary/aromatic N) is 1. The maximum Gasteiger partial charge on any atom is 0.341 e. The number of para-hydroxylation sites is 1. The third-order valence-electron chi connectivity index (χ3n) is 4.10. The molecule has 1 N–H and O–H groups in total. The molecule has 0 atom stereocenters. The SMILES string of the molecule is CCOc1cccc(/C=C2\SC(=O)N(Cc3ccccc3Br)C2=O)c1OCC(=O)O. The minimum absolute atomic E-state index is 0.144. The highest BCUT2D eigenvalue weighted by molar-refractivity contribution is 9.10. The molecule has 1 aliphatic heterocycles. The molecule has 0 spiro atoms. The lowest BCUT2D eigenvalue weighted by Crippen LogP contribution is -2.27. The first-order valence-electron chi connectivity index (χ1n) is 9.00. The van der Waals surface area contributed by atoms with Crippen molar-refractivity contribution in [2.75, 3.05) is 13.2 Å². The summed E-state index contributed by atoms with van der Waals surface area (Å²) in [5.74, 6) is -0.993. The van der Waals surface area contributed by atoms with E-state index in [1.54, 1.807) is 25.1 Å². The Hall–Kier alpha value is -2.78. The number of halogens is 1. The Morgan fingerprint density at radius 2 is 1.93 bits per heavy atom. The van der Waals surface area contributed by atoms with Crippen molar-refractivity contribution in [3.8, 4) is 11.5 Å². The number of carbonyl (C=O) groups is 3. The quantitative estimate of drug-likeness (QED) is 0.541. The lowest BCUT2D eigenvalue weighted by Gasteiger charge is -2.14. The second kappa shape index (κ2) is 9.82. The Balaban J connectivity index is 1.90. The molecule has 1 saturated heterocycles. The fourth-order valence-corrected chi connectivity index (χ4v) is 4.02. The molecule has 2 aromatic rings. The lowest BCUT2D eigenvalue weighted by atomic mass is 10.1. The lowest BCUT2D eigenvalue weighted by molar-refractivity contribution is -0.139. The first-order chi connectivity index (χ1) is 14.4.